The summed E-state index contributed by atoms with van der Waals surface area (Å²) in [4.78, 5) is 0. The number of allylic oxidation sites excluding steroid dienone is 3. The molecule has 2 heterocycles. The third-order valence-corrected chi connectivity index (χ3v) is 6.18. The van der Waals surface area contributed by atoms with Crippen LogP contribution in [0.2, 0.25) is 0 Å². The molecule has 1 N–H and O–H groups in total. The molecule has 3 heteroatoms. The molecule has 25 heavy (non-hydrogen) atoms. The van der Waals surface area contributed by atoms with Gasteiger partial charge in [0.1, 0.15) is 0 Å². The number of rotatable bonds is 1. The summed E-state index contributed by atoms with van der Waals surface area (Å²) >= 11 is 6.33. The maximum absolute atomic E-state index is 6.33. The molecular weight excluding hydrogens is 330 g/mol. The largest absolute Gasteiger partial charge is 0.381 e. The van der Waals surface area contributed by atoms with Gasteiger partial charge in [-0.2, -0.15) is 0 Å². The Labute approximate surface area is 156 Å². The molecule has 1 saturated heterocycles. The van der Waals surface area contributed by atoms with E-state index in [1.807, 2.05) is 6.08 Å². The number of nitrogens with one attached hydrogen (secondary N) is 1. The van der Waals surface area contributed by atoms with Crippen molar-refractivity contribution in [1.82, 2.24) is 0 Å². The van der Waals surface area contributed by atoms with Crippen molar-refractivity contribution in [1.29, 1.82) is 0 Å². The molecule has 0 radical (unpaired) electrons. The van der Waals surface area contributed by atoms with Crippen LogP contribution < -0.4 is 5.32 Å². The van der Waals surface area contributed by atoms with Crippen molar-refractivity contribution in [2.45, 2.75) is 57.6 Å². The summed E-state index contributed by atoms with van der Waals surface area (Å²) in [5.41, 5.74) is 4.11. The lowest BCUT2D eigenvalue weighted by Crippen LogP contribution is -2.45. The molecule has 1 unspecified atom stereocenters. The van der Waals surface area contributed by atoms with Crippen molar-refractivity contribution in [2.24, 2.45) is 11.8 Å². The van der Waals surface area contributed by atoms with E-state index in [0.29, 0.717) is 17.9 Å². The summed E-state index contributed by atoms with van der Waals surface area (Å²) in [6, 6.07) is 7.26. The maximum atomic E-state index is 6.33. The zero-order chi connectivity index (χ0) is 17.6. The Morgan fingerprint density at radius 1 is 1.24 bits per heavy atom. The number of halogens is 1. The fraction of sp³-hybridized carbons (Fsp3) is 0.545. The summed E-state index contributed by atoms with van der Waals surface area (Å²) in [5.74, 6) is 0.941. The topological polar surface area (TPSA) is 21.3 Å². The van der Waals surface area contributed by atoms with E-state index in [2.05, 4.69) is 56.4 Å². The van der Waals surface area contributed by atoms with Crippen LogP contribution in [0.3, 0.4) is 0 Å². The highest BCUT2D eigenvalue weighted by Crippen LogP contribution is 2.48. The lowest BCUT2D eigenvalue weighted by atomic mass is 9.73. The first-order chi connectivity index (χ1) is 11.9. The zero-order valence-corrected chi connectivity index (χ0v) is 16.1. The van der Waals surface area contributed by atoms with Gasteiger partial charge in [0.25, 0.3) is 0 Å². The number of hydrogen-bond donors (Lipinski definition) is 1. The number of fused-ring (bicyclic) bond motifs is 3. The summed E-state index contributed by atoms with van der Waals surface area (Å²) < 4.78 is 6.31. The lowest BCUT2D eigenvalue weighted by Gasteiger charge is -2.46. The Morgan fingerprint density at radius 2 is 2.08 bits per heavy atom. The van der Waals surface area contributed by atoms with Crippen LogP contribution in [0.15, 0.2) is 41.5 Å². The first-order valence-electron chi connectivity index (χ1n) is 9.49. The molecule has 0 bridgehead atoms. The molecule has 1 aromatic rings. The van der Waals surface area contributed by atoms with Crippen molar-refractivity contribution in [2.75, 3.05) is 11.9 Å². The van der Waals surface area contributed by atoms with Gasteiger partial charge in [0.05, 0.1) is 6.10 Å². The Balaban J connectivity index is 1.70. The van der Waals surface area contributed by atoms with Gasteiger partial charge in [-0.05, 0) is 42.4 Å². The van der Waals surface area contributed by atoms with Crippen molar-refractivity contribution in [3.63, 3.8) is 0 Å². The van der Waals surface area contributed by atoms with Crippen molar-refractivity contribution >= 4 is 17.3 Å². The fourth-order valence-electron chi connectivity index (χ4n) is 4.51. The Morgan fingerprint density at radius 3 is 2.84 bits per heavy atom. The van der Waals surface area contributed by atoms with Gasteiger partial charge < -0.3 is 10.1 Å². The average Bonchev–Trinajstić information content (AvgIpc) is 2.60. The van der Waals surface area contributed by atoms with Gasteiger partial charge in [-0.3, -0.25) is 0 Å². The molecular formula is C22H28ClNO. The summed E-state index contributed by atoms with van der Waals surface area (Å²) in [6.07, 6.45) is 9.92. The maximum Gasteiger partial charge on any atom is 0.0892 e. The second-order valence-electron chi connectivity index (χ2n) is 8.69. The highest BCUT2D eigenvalue weighted by atomic mass is 35.5. The van der Waals surface area contributed by atoms with Crippen LogP contribution in [-0.2, 0) is 10.2 Å². The summed E-state index contributed by atoms with van der Waals surface area (Å²) in [7, 11) is 0. The monoisotopic (exact) mass is 357 g/mol. The van der Waals surface area contributed by atoms with Gasteiger partial charge in [0.2, 0.25) is 0 Å². The van der Waals surface area contributed by atoms with Crippen LogP contribution >= 0.6 is 11.6 Å². The van der Waals surface area contributed by atoms with Crippen LogP contribution in [0.1, 0.15) is 57.3 Å². The third kappa shape index (κ3) is 3.27. The molecule has 0 aromatic heterocycles. The van der Waals surface area contributed by atoms with Gasteiger partial charge in [-0.25, -0.2) is 0 Å². The smallest absolute Gasteiger partial charge is 0.0892 e. The first-order valence-corrected chi connectivity index (χ1v) is 9.87. The van der Waals surface area contributed by atoms with E-state index in [1.54, 1.807) is 0 Å². The summed E-state index contributed by atoms with van der Waals surface area (Å²) in [6.45, 7) is 7.69. The average molecular weight is 358 g/mol. The lowest BCUT2D eigenvalue weighted by molar-refractivity contribution is -0.0418. The van der Waals surface area contributed by atoms with E-state index in [0.717, 1.165) is 24.5 Å². The molecule has 2 nitrogen and oxygen atoms in total. The number of hydrogen-bond acceptors (Lipinski definition) is 2. The predicted molar refractivity (Wildman–Crippen MR) is 105 cm³/mol. The molecule has 3 aliphatic rings. The molecule has 1 aromatic carbocycles. The van der Waals surface area contributed by atoms with Gasteiger partial charge in [0, 0.05) is 40.8 Å². The van der Waals surface area contributed by atoms with Crippen LogP contribution in [0.5, 0.6) is 0 Å². The van der Waals surface area contributed by atoms with Crippen LogP contribution in [0, 0.1) is 11.8 Å². The van der Waals surface area contributed by atoms with Crippen LogP contribution in [0.25, 0.3) is 0 Å². The number of anilines is 1. The third-order valence-electron chi connectivity index (χ3n) is 5.90. The van der Waals surface area contributed by atoms with Crippen molar-refractivity contribution in [3.05, 3.63) is 52.6 Å². The van der Waals surface area contributed by atoms with Crippen molar-refractivity contribution in [3.8, 4) is 0 Å². The molecule has 1 fully saturated rings. The minimum Gasteiger partial charge on any atom is -0.381 e. The second kappa shape index (κ2) is 6.48. The fourth-order valence-corrected chi connectivity index (χ4v) is 4.76. The predicted octanol–water partition coefficient (Wildman–Crippen LogP) is 5.94. The highest BCUT2D eigenvalue weighted by Gasteiger charge is 2.42. The minimum atomic E-state index is 0.153. The van der Waals surface area contributed by atoms with Gasteiger partial charge in [-0.1, -0.05) is 56.7 Å². The molecule has 134 valence electrons. The Hall–Kier alpha value is -1.25. The standard InChI is InChI=1S/C22H28ClNO/c1-22(2,3)15-9-10-19-18(13-15)21-17(8-5-11-25-21)20(24-19)14-6-4-7-16(23)12-14/h4,6-7,9-10,13-14,17,20-21,24H,5,8,11-12H2,1-3H3/t14?,17-,20-,21-/m0/s1. The normalized spacial score (nSPS) is 31.6. The minimum absolute atomic E-state index is 0.153. The van der Waals surface area contributed by atoms with E-state index in [1.165, 1.54) is 23.2 Å². The van der Waals surface area contributed by atoms with E-state index >= 15 is 0 Å². The van der Waals surface area contributed by atoms with E-state index in [4.69, 9.17) is 16.3 Å². The van der Waals surface area contributed by atoms with Crippen molar-refractivity contribution < 1.29 is 4.74 Å². The number of benzene rings is 1. The molecule has 4 rings (SSSR count). The zero-order valence-electron chi connectivity index (χ0n) is 15.4. The molecule has 0 saturated carbocycles. The Kier molecular flexibility index (Phi) is 4.45. The first kappa shape index (κ1) is 17.2. The SMILES string of the molecule is CC(C)(C)c1ccc2c(c1)[C@H]1OCCC[C@H]1[C@H](C1C=CC=C(Cl)C1)N2. The van der Waals surface area contributed by atoms with Crippen LogP contribution in [0.4, 0.5) is 5.69 Å². The van der Waals surface area contributed by atoms with Gasteiger partial charge in [-0.15, -0.1) is 0 Å². The van der Waals surface area contributed by atoms with Gasteiger partial charge in [0.15, 0.2) is 0 Å². The summed E-state index contributed by atoms with van der Waals surface area (Å²) in [5, 5.41) is 4.80. The number of ether oxygens (including phenoxy) is 1. The second-order valence-corrected chi connectivity index (χ2v) is 9.17. The van der Waals surface area contributed by atoms with E-state index < -0.39 is 0 Å². The Bertz CT molecular complexity index is 715. The van der Waals surface area contributed by atoms with E-state index in [9.17, 15) is 0 Å². The molecule has 4 atom stereocenters. The molecule has 2 aliphatic heterocycles. The quantitative estimate of drug-likeness (QED) is 0.671. The van der Waals surface area contributed by atoms with E-state index in [-0.39, 0.29) is 11.5 Å². The molecule has 0 amide bonds. The van der Waals surface area contributed by atoms with Crippen LogP contribution in [-0.4, -0.2) is 12.6 Å². The molecule has 1 aliphatic carbocycles. The highest BCUT2D eigenvalue weighted by molar-refractivity contribution is 6.29. The van der Waals surface area contributed by atoms with Gasteiger partial charge >= 0.3 is 0 Å². The molecule has 0 spiro atoms.